The van der Waals surface area contributed by atoms with Gasteiger partial charge in [0.1, 0.15) is 0 Å². The molecule has 0 unspecified atom stereocenters. The van der Waals surface area contributed by atoms with Crippen LogP contribution in [0.3, 0.4) is 0 Å². The van der Waals surface area contributed by atoms with Crippen molar-refractivity contribution in [3.05, 3.63) is 72.3 Å². The van der Waals surface area contributed by atoms with Gasteiger partial charge in [-0.2, -0.15) is 0 Å². The lowest BCUT2D eigenvalue weighted by molar-refractivity contribution is -0.114. The van der Waals surface area contributed by atoms with E-state index in [1.54, 1.807) is 0 Å². The third-order valence-corrected chi connectivity index (χ3v) is 2.68. The molecule has 0 aliphatic carbocycles. The number of benzene rings is 2. The van der Waals surface area contributed by atoms with Crippen LogP contribution in [0.25, 0.3) is 5.57 Å². The van der Waals surface area contributed by atoms with Crippen molar-refractivity contribution >= 4 is 17.2 Å². The summed E-state index contributed by atoms with van der Waals surface area (Å²) in [5, 5.41) is 2.74. The summed E-state index contributed by atoms with van der Waals surface area (Å²) >= 11 is 0. The minimum Gasteiger partial charge on any atom is -0.326 e. The highest BCUT2D eigenvalue weighted by Crippen LogP contribution is 2.22. The zero-order valence-electron chi connectivity index (χ0n) is 10.3. The van der Waals surface area contributed by atoms with Gasteiger partial charge in [0.05, 0.1) is 0 Å². The summed E-state index contributed by atoms with van der Waals surface area (Å²) < 4.78 is 0. The molecule has 0 atom stereocenters. The molecule has 2 rings (SSSR count). The van der Waals surface area contributed by atoms with E-state index in [9.17, 15) is 4.79 Å². The van der Waals surface area contributed by atoms with E-state index in [-0.39, 0.29) is 5.91 Å². The monoisotopic (exact) mass is 237 g/mol. The highest BCUT2D eigenvalue weighted by atomic mass is 16.1. The number of carbonyl (C=O) groups is 1. The third-order valence-electron chi connectivity index (χ3n) is 2.68. The number of rotatable bonds is 3. The van der Waals surface area contributed by atoms with Crippen LogP contribution < -0.4 is 5.32 Å². The molecule has 18 heavy (non-hydrogen) atoms. The van der Waals surface area contributed by atoms with Crippen LogP contribution in [-0.4, -0.2) is 5.91 Å². The molecular formula is C16H15NO. The lowest BCUT2D eigenvalue weighted by atomic mass is 9.99. The van der Waals surface area contributed by atoms with E-state index in [0.29, 0.717) is 0 Å². The molecule has 0 saturated heterocycles. The second-order valence-corrected chi connectivity index (χ2v) is 4.10. The summed E-state index contributed by atoms with van der Waals surface area (Å²) in [6.07, 6.45) is 0. The fraction of sp³-hybridized carbons (Fsp3) is 0.0625. The van der Waals surface area contributed by atoms with Gasteiger partial charge in [-0.25, -0.2) is 0 Å². The SMILES string of the molecule is C=C(c1ccccc1)c1ccc(NC(C)=O)cc1. The van der Waals surface area contributed by atoms with Crippen molar-refractivity contribution in [2.24, 2.45) is 0 Å². The molecule has 0 radical (unpaired) electrons. The number of nitrogens with one attached hydrogen (secondary N) is 1. The number of anilines is 1. The Kier molecular flexibility index (Phi) is 3.58. The van der Waals surface area contributed by atoms with Crippen LogP contribution in [0.2, 0.25) is 0 Å². The minimum atomic E-state index is -0.0652. The molecule has 0 bridgehead atoms. The molecule has 1 amide bonds. The van der Waals surface area contributed by atoms with Crippen LogP contribution in [0.15, 0.2) is 61.2 Å². The maximum atomic E-state index is 10.9. The Hall–Kier alpha value is -2.35. The van der Waals surface area contributed by atoms with Crippen LogP contribution in [0, 0.1) is 0 Å². The zero-order valence-corrected chi connectivity index (χ0v) is 10.3. The third kappa shape index (κ3) is 2.86. The van der Waals surface area contributed by atoms with Gasteiger partial charge in [-0.05, 0) is 28.8 Å². The van der Waals surface area contributed by atoms with Gasteiger partial charge in [0, 0.05) is 12.6 Å². The summed E-state index contributed by atoms with van der Waals surface area (Å²) in [6.45, 7) is 5.60. The second-order valence-electron chi connectivity index (χ2n) is 4.10. The van der Waals surface area contributed by atoms with E-state index in [1.807, 2.05) is 54.6 Å². The molecule has 90 valence electrons. The molecule has 0 fully saturated rings. The van der Waals surface area contributed by atoms with E-state index in [0.717, 1.165) is 22.4 Å². The van der Waals surface area contributed by atoms with Crippen molar-refractivity contribution in [1.29, 1.82) is 0 Å². The van der Waals surface area contributed by atoms with Gasteiger partial charge in [-0.3, -0.25) is 4.79 Å². The Morgan fingerprint density at radius 1 is 0.944 bits per heavy atom. The first-order valence-electron chi connectivity index (χ1n) is 5.79. The molecule has 0 aliphatic rings. The van der Waals surface area contributed by atoms with Crippen molar-refractivity contribution in [3.8, 4) is 0 Å². The Morgan fingerprint density at radius 2 is 1.50 bits per heavy atom. The molecule has 0 aliphatic heterocycles. The quantitative estimate of drug-likeness (QED) is 0.866. The topological polar surface area (TPSA) is 29.1 Å². The zero-order chi connectivity index (χ0) is 13.0. The van der Waals surface area contributed by atoms with Gasteiger partial charge in [0.15, 0.2) is 0 Å². The van der Waals surface area contributed by atoms with Gasteiger partial charge in [-0.15, -0.1) is 0 Å². The fourth-order valence-electron chi connectivity index (χ4n) is 1.76. The molecule has 2 heteroatoms. The lowest BCUT2D eigenvalue weighted by Crippen LogP contribution is -2.05. The molecule has 2 aromatic carbocycles. The van der Waals surface area contributed by atoms with Crippen LogP contribution in [0.1, 0.15) is 18.1 Å². The Balaban J connectivity index is 2.20. The molecule has 0 aromatic heterocycles. The molecule has 0 heterocycles. The summed E-state index contributed by atoms with van der Waals surface area (Å²) in [5.41, 5.74) is 3.93. The Morgan fingerprint density at radius 3 is 2.06 bits per heavy atom. The number of hydrogen-bond acceptors (Lipinski definition) is 1. The van der Waals surface area contributed by atoms with Gasteiger partial charge in [0.25, 0.3) is 0 Å². The van der Waals surface area contributed by atoms with Crippen molar-refractivity contribution in [2.45, 2.75) is 6.92 Å². The van der Waals surface area contributed by atoms with Gasteiger partial charge >= 0.3 is 0 Å². The maximum absolute atomic E-state index is 10.9. The van der Waals surface area contributed by atoms with Crippen molar-refractivity contribution in [3.63, 3.8) is 0 Å². The molecule has 1 N–H and O–H groups in total. The van der Waals surface area contributed by atoms with Crippen molar-refractivity contribution in [1.82, 2.24) is 0 Å². The summed E-state index contributed by atoms with van der Waals surface area (Å²) in [4.78, 5) is 10.9. The van der Waals surface area contributed by atoms with E-state index in [4.69, 9.17) is 0 Å². The van der Waals surface area contributed by atoms with Crippen molar-refractivity contribution < 1.29 is 4.79 Å². The van der Waals surface area contributed by atoms with Gasteiger partial charge in [-0.1, -0.05) is 49.0 Å². The highest BCUT2D eigenvalue weighted by Gasteiger charge is 2.02. The normalized spacial score (nSPS) is 9.83. The second kappa shape index (κ2) is 5.32. The largest absolute Gasteiger partial charge is 0.326 e. The smallest absolute Gasteiger partial charge is 0.221 e. The first kappa shape index (κ1) is 12.1. The van der Waals surface area contributed by atoms with Crippen LogP contribution >= 0.6 is 0 Å². The van der Waals surface area contributed by atoms with E-state index in [2.05, 4.69) is 11.9 Å². The van der Waals surface area contributed by atoms with E-state index in [1.165, 1.54) is 6.92 Å². The Labute approximate surface area is 107 Å². The highest BCUT2D eigenvalue weighted by molar-refractivity contribution is 5.89. The average molecular weight is 237 g/mol. The van der Waals surface area contributed by atoms with E-state index < -0.39 is 0 Å². The predicted molar refractivity (Wildman–Crippen MR) is 75.3 cm³/mol. The van der Waals surface area contributed by atoms with Crippen LogP contribution in [-0.2, 0) is 4.79 Å². The first-order chi connectivity index (χ1) is 8.66. The first-order valence-corrected chi connectivity index (χ1v) is 5.79. The van der Waals surface area contributed by atoms with E-state index >= 15 is 0 Å². The summed E-state index contributed by atoms with van der Waals surface area (Å²) in [7, 11) is 0. The molecule has 2 aromatic rings. The minimum absolute atomic E-state index is 0.0652. The van der Waals surface area contributed by atoms with Gasteiger partial charge < -0.3 is 5.32 Å². The average Bonchev–Trinajstić information content (AvgIpc) is 2.39. The Bertz CT molecular complexity index is 555. The summed E-state index contributed by atoms with van der Waals surface area (Å²) in [5.74, 6) is -0.0652. The van der Waals surface area contributed by atoms with Crippen LogP contribution in [0.5, 0.6) is 0 Å². The fourth-order valence-corrected chi connectivity index (χ4v) is 1.76. The maximum Gasteiger partial charge on any atom is 0.221 e. The van der Waals surface area contributed by atoms with Gasteiger partial charge in [0.2, 0.25) is 5.91 Å². The van der Waals surface area contributed by atoms with Crippen LogP contribution in [0.4, 0.5) is 5.69 Å². The molecule has 2 nitrogen and oxygen atoms in total. The molecule has 0 saturated carbocycles. The molecular weight excluding hydrogens is 222 g/mol. The lowest BCUT2D eigenvalue weighted by Gasteiger charge is -2.07. The number of carbonyl (C=O) groups excluding carboxylic acids is 1. The number of amides is 1. The number of hydrogen-bond donors (Lipinski definition) is 1. The molecule has 0 spiro atoms. The summed E-state index contributed by atoms with van der Waals surface area (Å²) in [6, 6.07) is 17.7. The predicted octanol–water partition coefficient (Wildman–Crippen LogP) is 3.71. The van der Waals surface area contributed by atoms with Crippen molar-refractivity contribution in [2.75, 3.05) is 5.32 Å². The standard InChI is InChI=1S/C16H15NO/c1-12(14-6-4-3-5-7-14)15-8-10-16(11-9-15)17-13(2)18/h3-11H,1H2,2H3,(H,17,18).